The number of rotatable bonds is 6. The highest BCUT2D eigenvalue weighted by Gasteiger charge is 2.22. The van der Waals surface area contributed by atoms with Crippen LogP contribution in [0.1, 0.15) is 22.7 Å². The molecule has 2 heterocycles. The van der Waals surface area contributed by atoms with Crippen LogP contribution in [0.25, 0.3) is 10.2 Å². The third kappa shape index (κ3) is 3.73. The Hall–Kier alpha value is -2.39. The molecule has 0 bridgehead atoms. The lowest BCUT2D eigenvalue weighted by atomic mass is 10.2. The van der Waals surface area contributed by atoms with Gasteiger partial charge in [-0.3, -0.25) is 9.59 Å². The van der Waals surface area contributed by atoms with E-state index < -0.39 is 17.6 Å². The maximum atomic E-state index is 13.9. The summed E-state index contributed by atoms with van der Waals surface area (Å²) >= 11 is 2.63. The van der Waals surface area contributed by atoms with Crippen LogP contribution < -0.4 is 4.90 Å². The lowest BCUT2D eigenvalue weighted by Gasteiger charge is -2.21. The highest BCUT2D eigenvalue weighted by Crippen LogP contribution is 2.31. The monoisotopic (exact) mass is 396 g/mol. The number of benzene rings is 1. The molecule has 0 aliphatic heterocycles. The van der Waals surface area contributed by atoms with Gasteiger partial charge in [0.1, 0.15) is 10.5 Å². The number of thiophene rings is 1. The van der Waals surface area contributed by atoms with E-state index in [0.717, 1.165) is 10.9 Å². The molecule has 0 atom stereocenters. The number of amides is 1. The van der Waals surface area contributed by atoms with E-state index in [1.807, 2.05) is 12.3 Å². The van der Waals surface area contributed by atoms with E-state index in [4.69, 9.17) is 5.11 Å². The summed E-state index contributed by atoms with van der Waals surface area (Å²) in [7, 11) is 0. The van der Waals surface area contributed by atoms with Crippen LogP contribution >= 0.6 is 22.7 Å². The molecule has 3 aromatic rings. The molecule has 1 aromatic carbocycles. The Morgan fingerprint density at radius 1 is 1.23 bits per heavy atom. The van der Waals surface area contributed by atoms with Gasteiger partial charge in [0.2, 0.25) is 5.91 Å². The molecule has 0 spiro atoms. The quantitative estimate of drug-likeness (QED) is 0.673. The summed E-state index contributed by atoms with van der Waals surface area (Å²) in [6.07, 6.45) is -0.434. The van der Waals surface area contributed by atoms with E-state index in [0.29, 0.717) is 15.4 Å². The summed E-state index contributed by atoms with van der Waals surface area (Å²) < 4.78 is 27.7. The summed E-state index contributed by atoms with van der Waals surface area (Å²) in [6, 6.07) is 4.26. The van der Waals surface area contributed by atoms with Crippen LogP contribution in [0.4, 0.5) is 14.5 Å². The number of aliphatic carboxylic acids is 1. The number of carbonyl (C=O) groups excluding carboxylic acids is 1. The van der Waals surface area contributed by atoms with Crippen molar-refractivity contribution in [2.24, 2.45) is 0 Å². The van der Waals surface area contributed by atoms with Gasteiger partial charge in [-0.05, 0) is 30.5 Å². The van der Waals surface area contributed by atoms with E-state index >= 15 is 0 Å². The maximum Gasteiger partial charge on any atom is 0.303 e. The SMILES string of the molecule is Cc1sccc1N(Cc1nc2c(F)c(F)ccc2s1)C(=O)CCC(=O)O. The summed E-state index contributed by atoms with van der Waals surface area (Å²) in [5.41, 5.74) is 0.598. The predicted octanol–water partition coefficient (Wildman–Crippen LogP) is 4.34. The smallest absolute Gasteiger partial charge is 0.303 e. The van der Waals surface area contributed by atoms with Crippen LogP contribution in [0, 0.1) is 18.6 Å². The van der Waals surface area contributed by atoms with Gasteiger partial charge in [-0.25, -0.2) is 13.8 Å². The molecule has 3 rings (SSSR count). The van der Waals surface area contributed by atoms with Crippen LogP contribution in [-0.2, 0) is 16.1 Å². The van der Waals surface area contributed by atoms with Crippen molar-refractivity contribution in [2.45, 2.75) is 26.3 Å². The normalized spacial score (nSPS) is 11.0. The predicted molar refractivity (Wildman–Crippen MR) is 96.7 cm³/mol. The average molecular weight is 396 g/mol. The minimum absolute atomic E-state index is 0.0648. The Morgan fingerprint density at radius 2 is 2.00 bits per heavy atom. The standard InChI is InChI=1S/C17H14F2N2O3S2/c1-9-11(6-7-25-9)21(14(22)4-5-15(23)24)8-13-20-17-12(26-13)3-2-10(18)16(17)19/h2-3,6-7H,4-5,8H2,1H3,(H,23,24). The molecule has 1 amide bonds. The van der Waals surface area contributed by atoms with Gasteiger partial charge < -0.3 is 10.0 Å². The number of anilines is 1. The van der Waals surface area contributed by atoms with Gasteiger partial charge in [0.05, 0.1) is 23.4 Å². The third-order valence-electron chi connectivity index (χ3n) is 3.77. The van der Waals surface area contributed by atoms with E-state index in [9.17, 15) is 18.4 Å². The van der Waals surface area contributed by atoms with Gasteiger partial charge in [0.25, 0.3) is 0 Å². The Labute approximate surface area is 155 Å². The molecule has 0 unspecified atom stereocenters. The number of carboxylic acids is 1. The largest absolute Gasteiger partial charge is 0.481 e. The van der Waals surface area contributed by atoms with Crippen molar-refractivity contribution < 1.29 is 23.5 Å². The van der Waals surface area contributed by atoms with Crippen molar-refractivity contribution in [1.82, 2.24) is 4.98 Å². The van der Waals surface area contributed by atoms with Crippen molar-refractivity contribution in [1.29, 1.82) is 0 Å². The Balaban J connectivity index is 1.93. The highest BCUT2D eigenvalue weighted by atomic mass is 32.1. The molecule has 0 saturated carbocycles. The zero-order valence-corrected chi connectivity index (χ0v) is 15.3. The van der Waals surface area contributed by atoms with Gasteiger partial charge >= 0.3 is 5.97 Å². The van der Waals surface area contributed by atoms with E-state index in [1.54, 1.807) is 6.07 Å². The van der Waals surface area contributed by atoms with Crippen LogP contribution in [-0.4, -0.2) is 22.0 Å². The number of thiazole rings is 1. The van der Waals surface area contributed by atoms with Gasteiger partial charge in [-0.2, -0.15) is 0 Å². The van der Waals surface area contributed by atoms with Gasteiger partial charge in [0.15, 0.2) is 11.6 Å². The topological polar surface area (TPSA) is 70.5 Å². The van der Waals surface area contributed by atoms with Gasteiger partial charge in [0, 0.05) is 11.3 Å². The zero-order chi connectivity index (χ0) is 18.8. The highest BCUT2D eigenvalue weighted by molar-refractivity contribution is 7.18. The molecule has 0 aliphatic carbocycles. The first-order chi connectivity index (χ1) is 12.4. The number of aromatic nitrogens is 1. The summed E-state index contributed by atoms with van der Waals surface area (Å²) in [6.45, 7) is 1.92. The Morgan fingerprint density at radius 3 is 2.65 bits per heavy atom. The molecule has 5 nitrogen and oxygen atoms in total. The number of aryl methyl sites for hydroxylation is 1. The van der Waals surface area contributed by atoms with Crippen molar-refractivity contribution in [3.8, 4) is 0 Å². The van der Waals surface area contributed by atoms with Crippen LogP contribution in [0.3, 0.4) is 0 Å². The fraction of sp³-hybridized carbons (Fsp3) is 0.235. The van der Waals surface area contributed by atoms with Crippen LogP contribution in [0.2, 0.25) is 0 Å². The number of halogens is 2. The second-order valence-electron chi connectivity index (χ2n) is 5.55. The minimum Gasteiger partial charge on any atom is -0.481 e. The molecule has 9 heteroatoms. The average Bonchev–Trinajstić information content (AvgIpc) is 3.20. The first-order valence-corrected chi connectivity index (χ1v) is 9.36. The molecule has 0 aliphatic rings. The minimum atomic E-state index is -1.06. The van der Waals surface area contributed by atoms with E-state index in [2.05, 4.69) is 4.98 Å². The Kier molecular flexibility index (Phi) is 5.28. The molecule has 0 radical (unpaired) electrons. The third-order valence-corrected chi connectivity index (χ3v) is 5.61. The first-order valence-electron chi connectivity index (χ1n) is 7.66. The number of nitrogens with zero attached hydrogens (tertiary/aromatic N) is 2. The van der Waals surface area contributed by atoms with Gasteiger partial charge in [-0.1, -0.05) is 0 Å². The lowest BCUT2D eigenvalue weighted by molar-refractivity contribution is -0.138. The summed E-state index contributed by atoms with van der Waals surface area (Å²) in [4.78, 5) is 29.8. The Bertz CT molecular complexity index is 984. The molecular weight excluding hydrogens is 382 g/mol. The van der Waals surface area contributed by atoms with E-state index in [1.165, 1.54) is 33.6 Å². The molecular formula is C17H14F2N2O3S2. The summed E-state index contributed by atoms with van der Waals surface area (Å²) in [5, 5.41) is 11.1. The molecule has 0 fully saturated rings. The molecule has 0 saturated heterocycles. The second kappa shape index (κ2) is 7.46. The number of fused-ring (bicyclic) bond motifs is 1. The fourth-order valence-electron chi connectivity index (χ4n) is 2.50. The van der Waals surface area contributed by atoms with Crippen molar-refractivity contribution in [3.63, 3.8) is 0 Å². The van der Waals surface area contributed by atoms with Crippen molar-refractivity contribution in [3.05, 3.63) is 45.1 Å². The molecule has 1 N–H and O–H groups in total. The number of carbonyl (C=O) groups is 2. The molecule has 26 heavy (non-hydrogen) atoms. The fourth-order valence-corrected chi connectivity index (χ4v) is 4.15. The number of carboxylic acid groups (broad SMARTS) is 1. The first kappa shape index (κ1) is 18.4. The maximum absolute atomic E-state index is 13.9. The second-order valence-corrected chi connectivity index (χ2v) is 7.79. The summed E-state index contributed by atoms with van der Waals surface area (Å²) in [5.74, 6) is -3.41. The lowest BCUT2D eigenvalue weighted by Crippen LogP contribution is -2.30. The van der Waals surface area contributed by atoms with Crippen molar-refractivity contribution in [2.75, 3.05) is 4.90 Å². The van der Waals surface area contributed by atoms with E-state index in [-0.39, 0.29) is 30.8 Å². The number of hydrogen-bond acceptors (Lipinski definition) is 5. The molecule has 2 aromatic heterocycles. The van der Waals surface area contributed by atoms with Crippen LogP contribution in [0.15, 0.2) is 23.6 Å². The van der Waals surface area contributed by atoms with Gasteiger partial charge in [-0.15, -0.1) is 22.7 Å². The molecule has 136 valence electrons. The van der Waals surface area contributed by atoms with Crippen molar-refractivity contribution >= 4 is 50.5 Å². The van der Waals surface area contributed by atoms with Crippen LogP contribution in [0.5, 0.6) is 0 Å². The zero-order valence-electron chi connectivity index (χ0n) is 13.7. The number of hydrogen-bond donors (Lipinski definition) is 1.